The standard InChI is InChI=1S/C15H13ClFNO5S/c1-23-8-9-3-2-4-10(5-9)18-24(21,22)14-6-11(15(19)20)13(17)7-12(14)16/h2-7,18H,8H2,1H3,(H,19,20). The molecule has 0 spiro atoms. The lowest BCUT2D eigenvalue weighted by Gasteiger charge is -2.11. The van der Waals surface area contributed by atoms with E-state index in [1.807, 2.05) is 0 Å². The summed E-state index contributed by atoms with van der Waals surface area (Å²) in [7, 11) is -2.70. The highest BCUT2D eigenvalue weighted by molar-refractivity contribution is 7.92. The van der Waals surface area contributed by atoms with E-state index in [1.54, 1.807) is 18.2 Å². The number of hydrogen-bond donors (Lipinski definition) is 2. The van der Waals surface area contributed by atoms with Crippen molar-refractivity contribution >= 4 is 33.3 Å². The van der Waals surface area contributed by atoms with Crippen LogP contribution in [0.5, 0.6) is 0 Å². The van der Waals surface area contributed by atoms with E-state index in [1.165, 1.54) is 13.2 Å². The van der Waals surface area contributed by atoms with Gasteiger partial charge in [0.1, 0.15) is 10.7 Å². The molecule has 2 aromatic rings. The zero-order valence-corrected chi connectivity index (χ0v) is 14.0. The molecule has 0 amide bonds. The fraction of sp³-hybridized carbons (Fsp3) is 0.133. The average molecular weight is 374 g/mol. The van der Waals surface area contributed by atoms with Gasteiger partial charge >= 0.3 is 5.97 Å². The Morgan fingerprint density at radius 1 is 1.33 bits per heavy atom. The van der Waals surface area contributed by atoms with Crippen molar-refractivity contribution in [2.45, 2.75) is 11.5 Å². The Hall–Kier alpha value is -2.16. The van der Waals surface area contributed by atoms with Crippen LogP contribution < -0.4 is 4.72 Å². The number of methoxy groups -OCH3 is 1. The fourth-order valence-corrected chi connectivity index (χ4v) is 3.59. The zero-order chi connectivity index (χ0) is 17.9. The highest BCUT2D eigenvalue weighted by Gasteiger charge is 2.23. The molecular formula is C15H13ClFNO5S. The van der Waals surface area contributed by atoms with Crippen LogP contribution >= 0.6 is 11.6 Å². The summed E-state index contributed by atoms with van der Waals surface area (Å²) in [6.45, 7) is 0.288. The molecule has 0 aliphatic rings. The molecule has 2 N–H and O–H groups in total. The predicted octanol–water partition coefficient (Wildman–Crippen LogP) is 3.12. The van der Waals surface area contributed by atoms with Crippen molar-refractivity contribution in [3.63, 3.8) is 0 Å². The Labute approximate surface area is 142 Å². The molecule has 0 radical (unpaired) electrons. The maximum Gasteiger partial charge on any atom is 0.338 e. The summed E-state index contributed by atoms with van der Waals surface area (Å²) in [4.78, 5) is 10.4. The molecule has 0 saturated carbocycles. The SMILES string of the molecule is COCc1cccc(NS(=O)(=O)c2cc(C(=O)O)c(F)cc2Cl)c1. The maximum absolute atomic E-state index is 13.5. The number of aromatic carboxylic acids is 1. The molecule has 0 saturated heterocycles. The first-order chi connectivity index (χ1) is 11.2. The van der Waals surface area contributed by atoms with Crippen LogP contribution in [-0.2, 0) is 21.4 Å². The fourth-order valence-electron chi connectivity index (χ4n) is 2.00. The Balaban J connectivity index is 2.42. The van der Waals surface area contributed by atoms with Gasteiger partial charge in [0.05, 0.1) is 17.2 Å². The summed E-state index contributed by atoms with van der Waals surface area (Å²) >= 11 is 5.77. The van der Waals surface area contributed by atoms with Gasteiger partial charge in [-0.1, -0.05) is 23.7 Å². The van der Waals surface area contributed by atoms with E-state index in [0.717, 1.165) is 5.56 Å². The smallest absolute Gasteiger partial charge is 0.338 e. The summed E-state index contributed by atoms with van der Waals surface area (Å²) in [6.07, 6.45) is 0. The number of carbonyl (C=O) groups is 1. The number of rotatable bonds is 6. The molecule has 128 valence electrons. The second-order valence-electron chi connectivity index (χ2n) is 4.81. The molecule has 9 heteroatoms. The Bertz CT molecular complexity index is 885. The van der Waals surface area contributed by atoms with Crippen molar-refractivity contribution in [2.75, 3.05) is 11.8 Å². The molecule has 24 heavy (non-hydrogen) atoms. The zero-order valence-electron chi connectivity index (χ0n) is 12.4. The molecule has 2 aromatic carbocycles. The predicted molar refractivity (Wildman–Crippen MR) is 86.3 cm³/mol. The minimum atomic E-state index is -4.20. The van der Waals surface area contributed by atoms with Crippen molar-refractivity contribution in [2.24, 2.45) is 0 Å². The van der Waals surface area contributed by atoms with Crippen LogP contribution in [0, 0.1) is 5.82 Å². The number of sulfonamides is 1. The Kier molecular flexibility index (Phi) is 5.43. The van der Waals surface area contributed by atoms with Gasteiger partial charge in [0.15, 0.2) is 0 Å². The van der Waals surface area contributed by atoms with Gasteiger partial charge < -0.3 is 9.84 Å². The number of benzene rings is 2. The van der Waals surface area contributed by atoms with Crippen molar-refractivity contribution < 1.29 is 27.4 Å². The molecule has 0 aromatic heterocycles. The molecular weight excluding hydrogens is 361 g/mol. The first-order valence-electron chi connectivity index (χ1n) is 6.57. The summed E-state index contributed by atoms with van der Waals surface area (Å²) in [6, 6.07) is 7.76. The van der Waals surface area contributed by atoms with Crippen molar-refractivity contribution in [1.29, 1.82) is 0 Å². The molecule has 6 nitrogen and oxygen atoms in total. The Morgan fingerprint density at radius 2 is 2.04 bits per heavy atom. The lowest BCUT2D eigenvalue weighted by Crippen LogP contribution is -2.15. The largest absolute Gasteiger partial charge is 0.478 e. The minimum Gasteiger partial charge on any atom is -0.478 e. The summed E-state index contributed by atoms with van der Waals surface area (Å²) in [5.41, 5.74) is 0.184. The van der Waals surface area contributed by atoms with Gasteiger partial charge in [0.2, 0.25) is 0 Å². The van der Waals surface area contributed by atoms with Gasteiger partial charge in [-0.25, -0.2) is 17.6 Å². The third-order valence-corrected chi connectivity index (χ3v) is 4.88. The molecule has 2 rings (SSSR count). The number of nitrogens with one attached hydrogen (secondary N) is 1. The highest BCUT2D eigenvalue weighted by atomic mass is 35.5. The number of ether oxygens (including phenoxy) is 1. The van der Waals surface area contributed by atoms with E-state index in [4.69, 9.17) is 21.4 Å². The molecule has 0 heterocycles. The van der Waals surface area contributed by atoms with Crippen LogP contribution in [0.4, 0.5) is 10.1 Å². The van der Waals surface area contributed by atoms with E-state index in [0.29, 0.717) is 12.1 Å². The van der Waals surface area contributed by atoms with E-state index < -0.39 is 37.3 Å². The average Bonchev–Trinajstić information content (AvgIpc) is 2.46. The van der Waals surface area contributed by atoms with Gasteiger partial charge in [-0.3, -0.25) is 4.72 Å². The van der Waals surface area contributed by atoms with Crippen molar-refractivity contribution in [3.05, 3.63) is 58.4 Å². The summed E-state index contributed by atoms with van der Waals surface area (Å²) in [5, 5.41) is 8.50. The van der Waals surface area contributed by atoms with Crippen LogP contribution in [0.25, 0.3) is 0 Å². The lowest BCUT2D eigenvalue weighted by atomic mass is 10.2. The second kappa shape index (κ2) is 7.16. The van der Waals surface area contributed by atoms with Crippen LogP contribution in [0.15, 0.2) is 41.3 Å². The number of carboxylic acid groups (broad SMARTS) is 1. The monoisotopic (exact) mass is 373 g/mol. The van der Waals surface area contributed by atoms with Crippen LogP contribution in [0.1, 0.15) is 15.9 Å². The second-order valence-corrected chi connectivity index (χ2v) is 6.86. The van der Waals surface area contributed by atoms with E-state index >= 15 is 0 Å². The van der Waals surface area contributed by atoms with Crippen LogP contribution in [0.3, 0.4) is 0 Å². The topological polar surface area (TPSA) is 92.7 Å². The molecule has 0 aliphatic carbocycles. The number of halogens is 2. The normalized spacial score (nSPS) is 11.3. The first-order valence-corrected chi connectivity index (χ1v) is 8.43. The summed E-state index contributed by atoms with van der Waals surface area (Å²) in [5.74, 6) is -2.71. The highest BCUT2D eigenvalue weighted by Crippen LogP contribution is 2.27. The lowest BCUT2D eigenvalue weighted by molar-refractivity contribution is 0.0691. The van der Waals surface area contributed by atoms with E-state index in [-0.39, 0.29) is 12.3 Å². The number of carboxylic acids is 1. The Morgan fingerprint density at radius 3 is 2.67 bits per heavy atom. The molecule has 0 unspecified atom stereocenters. The quantitative estimate of drug-likeness (QED) is 0.811. The first kappa shape index (κ1) is 18.2. The van der Waals surface area contributed by atoms with Crippen LogP contribution in [-0.4, -0.2) is 26.6 Å². The van der Waals surface area contributed by atoms with E-state index in [2.05, 4.69) is 4.72 Å². The third kappa shape index (κ3) is 4.02. The molecule has 0 fully saturated rings. The van der Waals surface area contributed by atoms with Gasteiger partial charge in [0.25, 0.3) is 10.0 Å². The number of anilines is 1. The van der Waals surface area contributed by atoms with Gasteiger partial charge in [0, 0.05) is 12.8 Å². The van der Waals surface area contributed by atoms with Gasteiger partial charge in [-0.2, -0.15) is 0 Å². The van der Waals surface area contributed by atoms with E-state index in [9.17, 15) is 17.6 Å². The van der Waals surface area contributed by atoms with Crippen molar-refractivity contribution in [1.82, 2.24) is 0 Å². The van der Waals surface area contributed by atoms with Gasteiger partial charge in [-0.15, -0.1) is 0 Å². The maximum atomic E-state index is 13.5. The molecule has 0 bridgehead atoms. The summed E-state index contributed by atoms with van der Waals surface area (Å²) < 4.78 is 45.7. The number of hydrogen-bond acceptors (Lipinski definition) is 4. The third-order valence-electron chi connectivity index (χ3n) is 3.03. The van der Waals surface area contributed by atoms with Gasteiger partial charge in [-0.05, 0) is 29.8 Å². The van der Waals surface area contributed by atoms with Crippen molar-refractivity contribution in [3.8, 4) is 0 Å². The minimum absolute atomic E-state index is 0.238. The molecule has 0 atom stereocenters. The van der Waals surface area contributed by atoms with Crippen LogP contribution in [0.2, 0.25) is 5.02 Å². The molecule has 0 aliphatic heterocycles.